The van der Waals surface area contributed by atoms with Gasteiger partial charge < -0.3 is 14.7 Å². The van der Waals surface area contributed by atoms with E-state index in [2.05, 4.69) is 42.2 Å². The number of fused-ring (bicyclic) bond motifs is 1. The summed E-state index contributed by atoms with van der Waals surface area (Å²) >= 11 is 0. The number of rotatable bonds is 5. The van der Waals surface area contributed by atoms with Gasteiger partial charge >= 0.3 is 0 Å². The molecule has 0 saturated carbocycles. The summed E-state index contributed by atoms with van der Waals surface area (Å²) in [6.45, 7) is 3.03. The number of ether oxygens (including phenoxy) is 1. The van der Waals surface area contributed by atoms with Crippen molar-refractivity contribution in [3.05, 3.63) is 77.9 Å². The predicted molar refractivity (Wildman–Crippen MR) is 128 cm³/mol. The minimum Gasteiger partial charge on any atom is -0.507 e. The van der Waals surface area contributed by atoms with Gasteiger partial charge in [0, 0.05) is 18.0 Å². The number of phenolic OH excluding ortho intramolecular Hbond substituents is 1. The number of aromatic nitrogens is 2. The molecule has 1 unspecified atom stereocenters. The van der Waals surface area contributed by atoms with Crippen molar-refractivity contribution in [2.45, 2.75) is 32.2 Å². The highest BCUT2D eigenvalue weighted by Crippen LogP contribution is 2.35. The van der Waals surface area contributed by atoms with Crippen molar-refractivity contribution in [1.82, 2.24) is 9.97 Å². The van der Waals surface area contributed by atoms with Gasteiger partial charge in [-0.2, -0.15) is 0 Å². The van der Waals surface area contributed by atoms with Gasteiger partial charge in [0.2, 0.25) is 0 Å². The van der Waals surface area contributed by atoms with Gasteiger partial charge in [-0.25, -0.2) is 9.97 Å². The van der Waals surface area contributed by atoms with E-state index in [0.717, 1.165) is 53.8 Å². The Balaban J connectivity index is 1.57. The van der Waals surface area contributed by atoms with Gasteiger partial charge in [0.1, 0.15) is 17.3 Å². The quantitative estimate of drug-likeness (QED) is 0.456. The standard InChI is InChI=1S/C27H27N3O2/c1-18-9-14-22-24(16-18)28-26(23-7-3-4-8-25(23)31)29-27(22)30-15-5-6-20(30)17-19-10-12-21(32-2)13-11-19/h3-4,7-14,16,20,31H,5-6,15,17H2,1-2H3. The molecule has 1 aromatic heterocycles. The van der Waals surface area contributed by atoms with Crippen LogP contribution in [0.25, 0.3) is 22.3 Å². The van der Waals surface area contributed by atoms with E-state index in [1.165, 1.54) is 5.56 Å². The third kappa shape index (κ3) is 3.86. The average molecular weight is 426 g/mol. The molecule has 4 aromatic rings. The van der Waals surface area contributed by atoms with Crippen LogP contribution in [0.5, 0.6) is 11.5 Å². The van der Waals surface area contributed by atoms with Crippen LogP contribution < -0.4 is 9.64 Å². The lowest BCUT2D eigenvalue weighted by atomic mass is 10.0. The van der Waals surface area contributed by atoms with E-state index in [4.69, 9.17) is 14.7 Å². The lowest BCUT2D eigenvalue weighted by Gasteiger charge is -2.27. The second-order valence-corrected chi connectivity index (χ2v) is 8.45. The van der Waals surface area contributed by atoms with E-state index in [1.807, 2.05) is 30.3 Å². The van der Waals surface area contributed by atoms with Gasteiger partial charge in [-0.3, -0.25) is 0 Å². The van der Waals surface area contributed by atoms with E-state index in [9.17, 15) is 5.11 Å². The highest BCUT2D eigenvalue weighted by molar-refractivity contribution is 5.92. The molecule has 1 aliphatic heterocycles. The maximum atomic E-state index is 10.4. The van der Waals surface area contributed by atoms with Gasteiger partial charge in [-0.15, -0.1) is 0 Å². The van der Waals surface area contributed by atoms with Crippen LogP contribution >= 0.6 is 0 Å². The number of benzene rings is 3. The first-order valence-electron chi connectivity index (χ1n) is 11.1. The van der Waals surface area contributed by atoms with Gasteiger partial charge in [-0.05, 0) is 73.7 Å². The fourth-order valence-corrected chi connectivity index (χ4v) is 4.59. The Bertz CT molecular complexity index is 1250. The maximum Gasteiger partial charge on any atom is 0.165 e. The first-order valence-corrected chi connectivity index (χ1v) is 11.1. The average Bonchev–Trinajstić information content (AvgIpc) is 3.27. The molecule has 32 heavy (non-hydrogen) atoms. The van der Waals surface area contributed by atoms with Crippen LogP contribution in [0.4, 0.5) is 5.82 Å². The van der Waals surface area contributed by atoms with Crippen molar-refractivity contribution >= 4 is 16.7 Å². The van der Waals surface area contributed by atoms with Crippen molar-refractivity contribution in [3.8, 4) is 22.9 Å². The number of hydrogen-bond acceptors (Lipinski definition) is 5. The van der Waals surface area contributed by atoms with Crippen molar-refractivity contribution in [3.63, 3.8) is 0 Å². The number of hydrogen-bond donors (Lipinski definition) is 1. The lowest BCUT2D eigenvalue weighted by molar-refractivity contribution is 0.414. The van der Waals surface area contributed by atoms with Crippen LogP contribution in [-0.2, 0) is 6.42 Å². The number of methoxy groups -OCH3 is 1. The normalized spacial score (nSPS) is 15.9. The number of aryl methyl sites for hydroxylation is 1. The summed E-state index contributed by atoms with van der Waals surface area (Å²) in [4.78, 5) is 12.2. The number of phenols is 1. The molecule has 0 bridgehead atoms. The van der Waals surface area contributed by atoms with Gasteiger partial charge in [0.05, 0.1) is 18.2 Å². The van der Waals surface area contributed by atoms with Gasteiger partial charge in [0.25, 0.3) is 0 Å². The Morgan fingerprint density at radius 3 is 2.62 bits per heavy atom. The fourth-order valence-electron chi connectivity index (χ4n) is 4.59. The summed E-state index contributed by atoms with van der Waals surface area (Å²) in [5.41, 5.74) is 4.01. The predicted octanol–water partition coefficient (Wildman–Crippen LogP) is 5.53. The molecule has 5 rings (SSSR count). The first kappa shape index (κ1) is 20.3. The van der Waals surface area contributed by atoms with E-state index in [1.54, 1.807) is 13.2 Å². The summed E-state index contributed by atoms with van der Waals surface area (Å²) in [7, 11) is 1.69. The van der Waals surface area contributed by atoms with Crippen molar-refractivity contribution in [1.29, 1.82) is 0 Å². The van der Waals surface area contributed by atoms with Gasteiger partial charge in [-0.1, -0.05) is 30.3 Å². The topological polar surface area (TPSA) is 58.5 Å². The second-order valence-electron chi connectivity index (χ2n) is 8.45. The second kappa shape index (κ2) is 8.50. The minimum absolute atomic E-state index is 0.196. The third-order valence-corrected chi connectivity index (χ3v) is 6.26. The Kier molecular flexibility index (Phi) is 5.39. The Hall–Kier alpha value is -3.60. The van der Waals surface area contributed by atoms with E-state index < -0.39 is 0 Å². The molecular weight excluding hydrogens is 398 g/mol. The van der Waals surface area contributed by atoms with Crippen molar-refractivity contribution < 1.29 is 9.84 Å². The monoisotopic (exact) mass is 425 g/mol. The molecule has 0 amide bonds. The van der Waals surface area contributed by atoms with Crippen molar-refractivity contribution in [2.24, 2.45) is 0 Å². The van der Waals surface area contributed by atoms with Crippen LogP contribution in [0.3, 0.4) is 0 Å². The van der Waals surface area contributed by atoms with Crippen LogP contribution in [0.15, 0.2) is 66.7 Å². The van der Waals surface area contributed by atoms with Crippen molar-refractivity contribution in [2.75, 3.05) is 18.6 Å². The van der Waals surface area contributed by atoms with E-state index in [0.29, 0.717) is 17.4 Å². The summed E-state index contributed by atoms with van der Waals surface area (Å²) in [5.74, 6) is 2.58. The van der Waals surface area contributed by atoms with E-state index in [-0.39, 0.29) is 5.75 Å². The maximum absolute atomic E-state index is 10.4. The third-order valence-electron chi connectivity index (χ3n) is 6.26. The number of nitrogens with zero attached hydrogens (tertiary/aromatic N) is 3. The molecule has 1 saturated heterocycles. The molecule has 0 spiro atoms. The van der Waals surface area contributed by atoms with E-state index >= 15 is 0 Å². The zero-order chi connectivity index (χ0) is 22.1. The number of anilines is 1. The highest BCUT2D eigenvalue weighted by Gasteiger charge is 2.28. The summed E-state index contributed by atoms with van der Waals surface area (Å²) in [5, 5.41) is 11.5. The van der Waals surface area contributed by atoms with Gasteiger partial charge in [0.15, 0.2) is 5.82 Å². The lowest BCUT2D eigenvalue weighted by Crippen LogP contribution is -2.32. The largest absolute Gasteiger partial charge is 0.507 e. The highest BCUT2D eigenvalue weighted by atomic mass is 16.5. The first-order chi connectivity index (χ1) is 15.6. The molecule has 1 aliphatic rings. The molecule has 0 radical (unpaired) electrons. The minimum atomic E-state index is 0.196. The smallest absolute Gasteiger partial charge is 0.165 e. The Labute approximate surface area is 188 Å². The molecule has 2 heterocycles. The summed E-state index contributed by atoms with van der Waals surface area (Å²) in [6, 6.07) is 22.3. The molecule has 5 heteroatoms. The molecular formula is C27H27N3O2. The summed E-state index contributed by atoms with van der Waals surface area (Å²) in [6.07, 6.45) is 3.20. The zero-order valence-electron chi connectivity index (χ0n) is 18.5. The molecule has 1 fully saturated rings. The number of aromatic hydroxyl groups is 1. The molecule has 162 valence electrons. The molecule has 3 aromatic carbocycles. The molecule has 1 atom stereocenters. The molecule has 1 N–H and O–H groups in total. The molecule has 5 nitrogen and oxygen atoms in total. The zero-order valence-corrected chi connectivity index (χ0v) is 18.5. The Morgan fingerprint density at radius 1 is 1.03 bits per heavy atom. The Morgan fingerprint density at radius 2 is 1.84 bits per heavy atom. The van der Waals surface area contributed by atoms with Crippen LogP contribution in [0, 0.1) is 6.92 Å². The molecule has 0 aliphatic carbocycles. The summed E-state index contributed by atoms with van der Waals surface area (Å²) < 4.78 is 5.30. The number of para-hydroxylation sites is 1. The van der Waals surface area contributed by atoms with Crippen LogP contribution in [-0.4, -0.2) is 34.8 Å². The SMILES string of the molecule is COc1ccc(CC2CCCN2c2nc(-c3ccccc3O)nc3cc(C)ccc23)cc1. The van der Waals surface area contributed by atoms with Crippen LogP contribution in [0.1, 0.15) is 24.0 Å². The fraction of sp³-hybridized carbons (Fsp3) is 0.259. The van der Waals surface area contributed by atoms with Crippen LogP contribution in [0.2, 0.25) is 0 Å².